The molecule has 3 aromatic carbocycles. The zero-order valence-electron chi connectivity index (χ0n) is 22.1. The lowest BCUT2D eigenvalue weighted by Crippen LogP contribution is -2.53. The predicted molar refractivity (Wildman–Crippen MR) is 153 cm³/mol. The first-order chi connectivity index (χ1) is 17.8. The predicted octanol–water partition coefficient (Wildman–Crippen LogP) is 6.51. The Hall–Kier alpha value is -3.12. The molecule has 1 N–H and O–H groups in total. The van der Waals surface area contributed by atoms with Crippen LogP contribution >= 0.6 is 15.9 Å². The number of hydrogen-bond donors (Lipinski definition) is 1. The molecule has 5 nitrogen and oxygen atoms in total. The second-order valence-electron chi connectivity index (χ2n) is 9.68. The van der Waals surface area contributed by atoms with E-state index in [0.717, 1.165) is 22.0 Å². The molecule has 0 spiro atoms. The van der Waals surface area contributed by atoms with E-state index in [-0.39, 0.29) is 24.5 Å². The van der Waals surface area contributed by atoms with Gasteiger partial charge in [0, 0.05) is 23.5 Å². The van der Waals surface area contributed by atoms with Crippen molar-refractivity contribution in [1.29, 1.82) is 0 Å². The summed E-state index contributed by atoms with van der Waals surface area (Å²) >= 11 is 3.47. The number of hydrogen-bond acceptors (Lipinski definition) is 3. The Kier molecular flexibility index (Phi) is 10.8. The van der Waals surface area contributed by atoms with Crippen LogP contribution in [0.4, 0.5) is 0 Å². The minimum atomic E-state index is -0.681. The van der Waals surface area contributed by atoms with Crippen LogP contribution in [0.15, 0.2) is 83.3 Å². The van der Waals surface area contributed by atoms with Gasteiger partial charge in [-0.25, -0.2) is 0 Å². The van der Waals surface area contributed by atoms with E-state index in [1.165, 1.54) is 5.56 Å². The molecular formula is C31H37BrN2O3. The largest absolute Gasteiger partial charge is 0.484 e. The van der Waals surface area contributed by atoms with Gasteiger partial charge in [-0.15, -0.1) is 0 Å². The number of rotatable bonds is 12. The number of nitrogens with one attached hydrogen (secondary N) is 1. The third kappa shape index (κ3) is 8.74. The number of nitrogens with zero attached hydrogens (tertiary/aromatic N) is 1. The fraction of sp³-hybridized carbons (Fsp3) is 0.355. The average Bonchev–Trinajstić information content (AvgIpc) is 2.91. The Labute approximate surface area is 229 Å². The standard InChI is InChI=1S/C31H37BrN2O3/c1-5-23(4)33-31(36)29(19-24-9-7-6-8-10-24)34(20-25-11-15-27(32)16-12-25)30(35)21-37-28-17-13-26(14-18-28)22(2)3/h6-18,22-23,29H,5,19-21H2,1-4H3,(H,33,36). The molecule has 2 atom stereocenters. The summed E-state index contributed by atoms with van der Waals surface area (Å²) in [6.07, 6.45) is 1.22. The highest BCUT2D eigenvalue weighted by atomic mass is 79.9. The van der Waals surface area contributed by atoms with Crippen LogP contribution in [0.1, 0.15) is 56.7 Å². The maximum absolute atomic E-state index is 13.7. The minimum Gasteiger partial charge on any atom is -0.484 e. The molecule has 0 bridgehead atoms. The Bertz CT molecular complexity index is 1130. The van der Waals surface area contributed by atoms with Crippen LogP contribution in [0.25, 0.3) is 0 Å². The van der Waals surface area contributed by atoms with Gasteiger partial charge in [-0.1, -0.05) is 91.3 Å². The van der Waals surface area contributed by atoms with Crippen LogP contribution in [0.2, 0.25) is 0 Å². The van der Waals surface area contributed by atoms with Gasteiger partial charge in [0.2, 0.25) is 5.91 Å². The topological polar surface area (TPSA) is 58.6 Å². The van der Waals surface area contributed by atoms with Crippen LogP contribution in [0.5, 0.6) is 5.75 Å². The normalized spacial score (nSPS) is 12.6. The van der Waals surface area contributed by atoms with Crippen molar-refractivity contribution in [2.75, 3.05) is 6.61 Å². The first-order valence-electron chi connectivity index (χ1n) is 12.9. The molecule has 37 heavy (non-hydrogen) atoms. The molecule has 3 aromatic rings. The van der Waals surface area contributed by atoms with Gasteiger partial charge in [0.15, 0.2) is 6.61 Å². The Morgan fingerprint density at radius 1 is 0.892 bits per heavy atom. The summed E-state index contributed by atoms with van der Waals surface area (Å²) in [5, 5.41) is 3.09. The molecule has 0 saturated heterocycles. The molecule has 2 unspecified atom stereocenters. The third-order valence-electron chi connectivity index (χ3n) is 6.45. The molecule has 0 aliphatic rings. The molecule has 0 aliphatic heterocycles. The van der Waals surface area contributed by atoms with Gasteiger partial charge in [-0.3, -0.25) is 9.59 Å². The van der Waals surface area contributed by atoms with Crippen molar-refractivity contribution in [3.8, 4) is 5.75 Å². The summed E-state index contributed by atoms with van der Waals surface area (Å²) in [7, 11) is 0. The van der Waals surface area contributed by atoms with Crippen LogP contribution < -0.4 is 10.1 Å². The van der Waals surface area contributed by atoms with Crippen LogP contribution in [-0.2, 0) is 22.6 Å². The second-order valence-corrected chi connectivity index (χ2v) is 10.6. The highest BCUT2D eigenvalue weighted by Crippen LogP contribution is 2.20. The smallest absolute Gasteiger partial charge is 0.261 e. The zero-order chi connectivity index (χ0) is 26.8. The van der Waals surface area contributed by atoms with Gasteiger partial charge in [-0.05, 0) is 60.2 Å². The van der Waals surface area contributed by atoms with E-state index in [9.17, 15) is 9.59 Å². The lowest BCUT2D eigenvalue weighted by Gasteiger charge is -2.32. The number of carbonyl (C=O) groups excluding carboxylic acids is 2. The lowest BCUT2D eigenvalue weighted by molar-refractivity contribution is -0.143. The fourth-order valence-corrected chi connectivity index (χ4v) is 4.22. The summed E-state index contributed by atoms with van der Waals surface area (Å²) in [4.78, 5) is 28.8. The molecule has 0 radical (unpaired) electrons. The monoisotopic (exact) mass is 564 g/mol. The van der Waals surface area contributed by atoms with Crippen molar-refractivity contribution in [1.82, 2.24) is 10.2 Å². The van der Waals surface area contributed by atoms with Crippen molar-refractivity contribution < 1.29 is 14.3 Å². The van der Waals surface area contributed by atoms with Gasteiger partial charge >= 0.3 is 0 Å². The van der Waals surface area contributed by atoms with Crippen molar-refractivity contribution in [3.05, 3.63) is 100 Å². The zero-order valence-corrected chi connectivity index (χ0v) is 23.7. The molecule has 6 heteroatoms. The van der Waals surface area contributed by atoms with Crippen molar-refractivity contribution in [2.45, 2.75) is 65.1 Å². The quantitative estimate of drug-likeness (QED) is 0.273. The van der Waals surface area contributed by atoms with E-state index in [1.807, 2.05) is 92.7 Å². The maximum Gasteiger partial charge on any atom is 0.261 e. The van der Waals surface area contributed by atoms with E-state index in [1.54, 1.807) is 4.90 Å². The lowest BCUT2D eigenvalue weighted by atomic mass is 10.0. The van der Waals surface area contributed by atoms with Crippen molar-refractivity contribution >= 4 is 27.7 Å². The molecular weight excluding hydrogens is 528 g/mol. The first kappa shape index (κ1) is 28.5. The number of benzene rings is 3. The highest BCUT2D eigenvalue weighted by Gasteiger charge is 2.31. The molecule has 3 rings (SSSR count). The molecule has 2 amide bonds. The summed E-state index contributed by atoms with van der Waals surface area (Å²) in [6, 6.07) is 24.7. The molecule has 0 fully saturated rings. The third-order valence-corrected chi connectivity index (χ3v) is 6.98. The van der Waals surface area contributed by atoms with Gasteiger partial charge in [0.1, 0.15) is 11.8 Å². The summed E-state index contributed by atoms with van der Waals surface area (Å²) in [5.74, 6) is 0.644. The van der Waals surface area contributed by atoms with E-state index < -0.39 is 6.04 Å². The summed E-state index contributed by atoms with van der Waals surface area (Å²) in [5.41, 5.74) is 3.14. The van der Waals surface area contributed by atoms with Crippen molar-refractivity contribution in [3.63, 3.8) is 0 Å². The molecule has 0 saturated carbocycles. The molecule has 0 aliphatic carbocycles. The van der Waals surface area contributed by atoms with Crippen LogP contribution in [0, 0.1) is 0 Å². The highest BCUT2D eigenvalue weighted by molar-refractivity contribution is 9.10. The maximum atomic E-state index is 13.7. The minimum absolute atomic E-state index is 0.00567. The molecule has 0 heterocycles. The number of halogens is 1. The number of amides is 2. The molecule has 196 valence electrons. The summed E-state index contributed by atoms with van der Waals surface area (Å²) in [6.45, 7) is 8.42. The van der Waals surface area contributed by atoms with Crippen molar-refractivity contribution in [2.24, 2.45) is 0 Å². The average molecular weight is 566 g/mol. The number of carbonyl (C=O) groups is 2. The van der Waals surface area contributed by atoms with Crippen LogP contribution in [0.3, 0.4) is 0 Å². The second kappa shape index (κ2) is 14.0. The SMILES string of the molecule is CCC(C)NC(=O)C(Cc1ccccc1)N(Cc1ccc(Br)cc1)C(=O)COc1ccc(C(C)C)cc1. The van der Waals surface area contributed by atoms with E-state index in [2.05, 4.69) is 35.1 Å². The Morgan fingerprint density at radius 2 is 1.54 bits per heavy atom. The Morgan fingerprint density at radius 3 is 2.14 bits per heavy atom. The first-order valence-corrected chi connectivity index (χ1v) is 13.7. The van der Waals surface area contributed by atoms with E-state index in [0.29, 0.717) is 24.6 Å². The van der Waals surface area contributed by atoms with Crippen LogP contribution in [-0.4, -0.2) is 35.4 Å². The summed E-state index contributed by atoms with van der Waals surface area (Å²) < 4.78 is 6.85. The Balaban J connectivity index is 1.88. The number of ether oxygens (including phenoxy) is 1. The van der Waals surface area contributed by atoms with Gasteiger partial charge in [0.05, 0.1) is 0 Å². The van der Waals surface area contributed by atoms with E-state index in [4.69, 9.17) is 4.74 Å². The van der Waals surface area contributed by atoms with Gasteiger partial charge in [-0.2, -0.15) is 0 Å². The molecule has 0 aromatic heterocycles. The van der Waals surface area contributed by atoms with Gasteiger partial charge < -0.3 is 15.0 Å². The van der Waals surface area contributed by atoms with E-state index >= 15 is 0 Å². The van der Waals surface area contributed by atoms with Gasteiger partial charge in [0.25, 0.3) is 5.91 Å². The fourth-order valence-electron chi connectivity index (χ4n) is 3.96.